The minimum absolute atomic E-state index is 0.241. The second kappa shape index (κ2) is 9.57. The van der Waals surface area contributed by atoms with Gasteiger partial charge in [0.15, 0.2) is 6.29 Å². The van der Waals surface area contributed by atoms with Gasteiger partial charge in [-0.2, -0.15) is 0 Å². The fourth-order valence-electron chi connectivity index (χ4n) is 4.28. The molecule has 1 heterocycles. The molecule has 0 radical (unpaired) electrons. The van der Waals surface area contributed by atoms with Crippen LogP contribution in [-0.2, 0) is 9.47 Å². The van der Waals surface area contributed by atoms with E-state index >= 15 is 0 Å². The summed E-state index contributed by atoms with van der Waals surface area (Å²) >= 11 is 0. The minimum atomic E-state index is -0.241. The van der Waals surface area contributed by atoms with Crippen molar-refractivity contribution in [2.45, 2.75) is 64.6 Å². The Kier molecular flexibility index (Phi) is 7.15. The fraction of sp³-hybridized carbons (Fsp3) is 0.652. The van der Waals surface area contributed by atoms with E-state index in [4.69, 9.17) is 14.2 Å². The van der Waals surface area contributed by atoms with E-state index in [1.807, 2.05) is 6.08 Å². The molecule has 1 saturated heterocycles. The Morgan fingerprint density at radius 3 is 2.54 bits per heavy atom. The van der Waals surface area contributed by atoms with Gasteiger partial charge in [0.05, 0.1) is 13.2 Å². The van der Waals surface area contributed by atoms with Crippen LogP contribution < -0.4 is 4.74 Å². The van der Waals surface area contributed by atoms with Crippen molar-refractivity contribution in [3.05, 3.63) is 42.0 Å². The van der Waals surface area contributed by atoms with Crippen molar-refractivity contribution in [2.75, 3.05) is 19.8 Å². The normalized spacial score (nSPS) is 29.3. The highest BCUT2D eigenvalue weighted by molar-refractivity contribution is 5.40. The van der Waals surface area contributed by atoms with Gasteiger partial charge < -0.3 is 14.2 Å². The molecule has 0 unspecified atom stereocenters. The van der Waals surface area contributed by atoms with E-state index < -0.39 is 0 Å². The molecule has 0 aromatic heterocycles. The smallest absolute Gasteiger partial charge is 0.183 e. The van der Waals surface area contributed by atoms with Gasteiger partial charge in [-0.05, 0) is 55.2 Å². The second-order valence-electron chi connectivity index (χ2n) is 8.01. The van der Waals surface area contributed by atoms with E-state index in [1.54, 1.807) is 0 Å². The topological polar surface area (TPSA) is 27.7 Å². The molecule has 0 atom stereocenters. The molecule has 0 N–H and O–H groups in total. The van der Waals surface area contributed by atoms with E-state index in [0.717, 1.165) is 30.4 Å². The fourth-order valence-corrected chi connectivity index (χ4v) is 4.28. The molecule has 3 rings (SSSR count). The highest BCUT2D eigenvalue weighted by Crippen LogP contribution is 2.42. The lowest BCUT2D eigenvalue weighted by Crippen LogP contribution is -2.25. The quantitative estimate of drug-likeness (QED) is 0.559. The van der Waals surface area contributed by atoms with Crippen molar-refractivity contribution in [3.8, 4) is 5.75 Å². The van der Waals surface area contributed by atoms with Gasteiger partial charge in [-0.15, -0.1) is 0 Å². The van der Waals surface area contributed by atoms with E-state index in [1.165, 1.54) is 44.1 Å². The van der Waals surface area contributed by atoms with Crippen LogP contribution in [0.3, 0.4) is 0 Å². The molecule has 1 aromatic rings. The van der Waals surface area contributed by atoms with E-state index in [0.29, 0.717) is 18.4 Å². The standard InChI is InChI=1S/C23H34O3/c1-4-6-18-7-9-19(10-8-18)21-14-20(11-12-22(21)24-13-5-2)23-25-15-17(3)16-26-23/h5,11-12,14,17-19,23H,2,4,6-10,13,15-16H2,1,3H3. The third-order valence-electron chi connectivity index (χ3n) is 5.71. The van der Waals surface area contributed by atoms with Crippen molar-refractivity contribution < 1.29 is 14.2 Å². The average molecular weight is 359 g/mol. The van der Waals surface area contributed by atoms with Crippen LogP contribution >= 0.6 is 0 Å². The van der Waals surface area contributed by atoms with Gasteiger partial charge in [-0.1, -0.05) is 45.4 Å². The zero-order valence-corrected chi connectivity index (χ0v) is 16.4. The molecule has 1 saturated carbocycles. The van der Waals surface area contributed by atoms with Crippen LogP contribution in [0, 0.1) is 11.8 Å². The average Bonchev–Trinajstić information content (AvgIpc) is 2.68. The molecule has 26 heavy (non-hydrogen) atoms. The highest BCUT2D eigenvalue weighted by Gasteiger charge is 2.27. The van der Waals surface area contributed by atoms with Crippen molar-refractivity contribution in [3.63, 3.8) is 0 Å². The summed E-state index contributed by atoms with van der Waals surface area (Å²) in [6.07, 6.45) is 9.40. The zero-order valence-electron chi connectivity index (χ0n) is 16.4. The molecule has 3 nitrogen and oxygen atoms in total. The van der Waals surface area contributed by atoms with Gasteiger partial charge in [0, 0.05) is 11.5 Å². The summed E-state index contributed by atoms with van der Waals surface area (Å²) in [6.45, 7) is 10.3. The van der Waals surface area contributed by atoms with E-state index in [-0.39, 0.29) is 6.29 Å². The molecular weight excluding hydrogens is 324 g/mol. The Hall–Kier alpha value is -1.32. The summed E-state index contributed by atoms with van der Waals surface area (Å²) < 4.78 is 17.8. The van der Waals surface area contributed by atoms with Gasteiger partial charge in [-0.25, -0.2) is 0 Å². The van der Waals surface area contributed by atoms with E-state index in [9.17, 15) is 0 Å². The highest BCUT2D eigenvalue weighted by atomic mass is 16.7. The molecule has 1 aliphatic carbocycles. The lowest BCUT2D eigenvalue weighted by molar-refractivity contribution is -0.202. The van der Waals surface area contributed by atoms with Gasteiger partial charge in [0.1, 0.15) is 12.4 Å². The summed E-state index contributed by atoms with van der Waals surface area (Å²) in [6, 6.07) is 6.45. The van der Waals surface area contributed by atoms with Crippen LogP contribution in [0.2, 0.25) is 0 Å². The molecule has 0 amide bonds. The maximum Gasteiger partial charge on any atom is 0.183 e. The number of benzene rings is 1. The summed E-state index contributed by atoms with van der Waals surface area (Å²) in [5, 5.41) is 0. The molecule has 0 spiro atoms. The van der Waals surface area contributed by atoms with Crippen molar-refractivity contribution in [2.24, 2.45) is 11.8 Å². The van der Waals surface area contributed by atoms with Crippen LogP contribution in [0.1, 0.15) is 75.7 Å². The lowest BCUT2D eigenvalue weighted by Gasteiger charge is -2.31. The predicted octanol–water partition coefficient (Wildman–Crippen LogP) is 6.01. The first-order valence-electron chi connectivity index (χ1n) is 10.3. The zero-order chi connectivity index (χ0) is 18.4. The van der Waals surface area contributed by atoms with Crippen LogP contribution in [0.15, 0.2) is 30.9 Å². The van der Waals surface area contributed by atoms with Gasteiger partial charge in [-0.3, -0.25) is 0 Å². The predicted molar refractivity (Wildman–Crippen MR) is 106 cm³/mol. The van der Waals surface area contributed by atoms with Gasteiger partial charge in [0.25, 0.3) is 0 Å². The van der Waals surface area contributed by atoms with Crippen molar-refractivity contribution in [1.29, 1.82) is 0 Å². The Labute approximate surface area is 158 Å². The third kappa shape index (κ3) is 4.89. The second-order valence-corrected chi connectivity index (χ2v) is 8.01. The maximum absolute atomic E-state index is 5.97. The lowest BCUT2D eigenvalue weighted by atomic mass is 9.77. The Bertz CT molecular complexity index is 567. The minimum Gasteiger partial charge on any atom is -0.489 e. The van der Waals surface area contributed by atoms with Crippen LogP contribution in [0.5, 0.6) is 5.75 Å². The SMILES string of the molecule is C=CCOc1ccc(C2OCC(C)CO2)cc1C1CCC(CCC)CC1. The Morgan fingerprint density at radius 1 is 1.15 bits per heavy atom. The Balaban J connectivity index is 1.76. The maximum atomic E-state index is 5.97. The molecule has 144 valence electrons. The summed E-state index contributed by atoms with van der Waals surface area (Å²) in [4.78, 5) is 0. The molecule has 1 aromatic carbocycles. The molecule has 1 aliphatic heterocycles. The summed E-state index contributed by atoms with van der Waals surface area (Å²) in [7, 11) is 0. The largest absolute Gasteiger partial charge is 0.489 e. The summed E-state index contributed by atoms with van der Waals surface area (Å²) in [5.74, 6) is 2.94. The van der Waals surface area contributed by atoms with Gasteiger partial charge >= 0.3 is 0 Å². The van der Waals surface area contributed by atoms with Crippen LogP contribution in [0.4, 0.5) is 0 Å². The van der Waals surface area contributed by atoms with E-state index in [2.05, 4.69) is 38.6 Å². The van der Waals surface area contributed by atoms with Crippen molar-refractivity contribution >= 4 is 0 Å². The van der Waals surface area contributed by atoms with Gasteiger partial charge in [0.2, 0.25) is 0 Å². The van der Waals surface area contributed by atoms with Crippen molar-refractivity contribution in [1.82, 2.24) is 0 Å². The summed E-state index contributed by atoms with van der Waals surface area (Å²) in [5.41, 5.74) is 2.44. The number of ether oxygens (including phenoxy) is 3. The number of hydrogen-bond acceptors (Lipinski definition) is 3. The first-order chi connectivity index (χ1) is 12.7. The molecule has 0 bridgehead atoms. The molecule has 3 heteroatoms. The molecular formula is C23H34O3. The Morgan fingerprint density at radius 2 is 1.88 bits per heavy atom. The number of hydrogen-bond donors (Lipinski definition) is 0. The first kappa shape index (κ1) is 19.4. The number of rotatable bonds is 7. The third-order valence-corrected chi connectivity index (χ3v) is 5.71. The molecule has 2 aliphatic rings. The van der Waals surface area contributed by atoms with Crippen LogP contribution in [0.25, 0.3) is 0 Å². The monoisotopic (exact) mass is 358 g/mol. The van der Waals surface area contributed by atoms with Crippen LogP contribution in [-0.4, -0.2) is 19.8 Å². The molecule has 2 fully saturated rings. The first-order valence-corrected chi connectivity index (χ1v) is 10.3.